The normalized spacial score (nSPS) is 34.1. The third kappa shape index (κ3) is 2.74. The van der Waals surface area contributed by atoms with Crippen LogP contribution in [0.4, 0.5) is 4.79 Å². The number of nitrogens with one attached hydrogen (secondary N) is 1. The van der Waals surface area contributed by atoms with E-state index in [9.17, 15) is 9.90 Å². The zero-order chi connectivity index (χ0) is 16.0. The largest absolute Gasteiger partial charge is 0.447 e. The predicted octanol–water partition coefficient (Wildman–Crippen LogP) is 2.92. The fraction of sp³-hybridized carbons (Fsp3) is 0.632. The van der Waals surface area contributed by atoms with Gasteiger partial charge >= 0.3 is 6.09 Å². The summed E-state index contributed by atoms with van der Waals surface area (Å²) in [5.41, 5.74) is 4.12. The van der Waals surface area contributed by atoms with Gasteiger partial charge in [-0.25, -0.2) is 4.79 Å². The van der Waals surface area contributed by atoms with Gasteiger partial charge in [0.05, 0.1) is 11.6 Å². The van der Waals surface area contributed by atoms with E-state index >= 15 is 0 Å². The summed E-state index contributed by atoms with van der Waals surface area (Å²) >= 11 is 0. The van der Waals surface area contributed by atoms with Gasteiger partial charge in [-0.3, -0.25) is 0 Å². The Morgan fingerprint density at radius 2 is 2.22 bits per heavy atom. The summed E-state index contributed by atoms with van der Waals surface area (Å²) in [6.07, 6.45) is 5.75. The van der Waals surface area contributed by atoms with Gasteiger partial charge in [-0.1, -0.05) is 18.2 Å². The molecular formula is C19H25NO3. The van der Waals surface area contributed by atoms with Gasteiger partial charge in [0.15, 0.2) is 0 Å². The van der Waals surface area contributed by atoms with Crippen LogP contribution in [0, 0.1) is 5.92 Å². The number of ether oxygens (including phenoxy) is 1. The van der Waals surface area contributed by atoms with E-state index in [1.165, 1.54) is 16.7 Å². The van der Waals surface area contributed by atoms with Crippen LogP contribution in [0.3, 0.4) is 0 Å². The number of rotatable bonds is 2. The van der Waals surface area contributed by atoms with E-state index in [1.807, 2.05) is 6.92 Å². The van der Waals surface area contributed by atoms with Crippen LogP contribution in [-0.4, -0.2) is 29.4 Å². The van der Waals surface area contributed by atoms with Gasteiger partial charge in [-0.05, 0) is 74.0 Å². The average molecular weight is 315 g/mol. The maximum absolute atomic E-state index is 11.4. The molecule has 1 amide bonds. The van der Waals surface area contributed by atoms with Crippen LogP contribution in [0.1, 0.15) is 55.2 Å². The highest BCUT2D eigenvalue weighted by Crippen LogP contribution is 2.43. The lowest BCUT2D eigenvalue weighted by Gasteiger charge is -2.27. The molecule has 23 heavy (non-hydrogen) atoms. The zero-order valence-corrected chi connectivity index (χ0v) is 13.7. The second kappa shape index (κ2) is 5.52. The number of benzene rings is 1. The van der Waals surface area contributed by atoms with Crippen molar-refractivity contribution in [2.75, 3.05) is 6.61 Å². The summed E-state index contributed by atoms with van der Waals surface area (Å²) in [5, 5.41) is 12.8. The first-order valence-corrected chi connectivity index (χ1v) is 8.79. The number of aryl methyl sites for hydroxylation is 1. The van der Waals surface area contributed by atoms with Crippen molar-refractivity contribution in [3.8, 4) is 0 Å². The molecule has 4 rings (SSSR count). The van der Waals surface area contributed by atoms with Crippen molar-refractivity contribution in [3.63, 3.8) is 0 Å². The summed E-state index contributed by atoms with van der Waals surface area (Å²) in [4.78, 5) is 11.4. The van der Waals surface area contributed by atoms with Gasteiger partial charge in [0.25, 0.3) is 0 Å². The predicted molar refractivity (Wildman–Crippen MR) is 87.4 cm³/mol. The summed E-state index contributed by atoms with van der Waals surface area (Å²) in [7, 11) is 0. The minimum atomic E-state index is -0.264. The van der Waals surface area contributed by atoms with E-state index in [1.54, 1.807) is 0 Å². The van der Waals surface area contributed by atoms with Crippen LogP contribution in [0.15, 0.2) is 18.2 Å². The van der Waals surface area contributed by atoms with Crippen molar-refractivity contribution in [2.45, 2.75) is 63.0 Å². The third-order valence-corrected chi connectivity index (χ3v) is 6.11. The Bertz CT molecular complexity index is 627. The molecule has 2 fully saturated rings. The number of hydrogen-bond donors (Lipinski definition) is 2. The molecule has 1 saturated heterocycles. The van der Waals surface area contributed by atoms with Crippen LogP contribution in [0.5, 0.6) is 0 Å². The Hall–Kier alpha value is -1.55. The first-order chi connectivity index (χ1) is 11.0. The smallest absolute Gasteiger partial charge is 0.407 e. The lowest BCUT2D eigenvalue weighted by Crippen LogP contribution is -2.40. The molecule has 4 nitrogen and oxygen atoms in total. The van der Waals surface area contributed by atoms with Crippen molar-refractivity contribution >= 4 is 6.09 Å². The topological polar surface area (TPSA) is 58.6 Å². The van der Waals surface area contributed by atoms with Crippen LogP contribution >= 0.6 is 0 Å². The lowest BCUT2D eigenvalue weighted by molar-refractivity contribution is 0.116. The SMILES string of the molecule is CC(O)[C@@H]1CCc2cc([C@H]3CC[C@]4(COC(=O)N4)C3)ccc2C1. The molecule has 0 radical (unpaired) electrons. The molecule has 1 spiro atoms. The van der Waals surface area contributed by atoms with Crippen molar-refractivity contribution in [1.29, 1.82) is 0 Å². The summed E-state index contributed by atoms with van der Waals surface area (Å²) in [6, 6.07) is 6.88. The summed E-state index contributed by atoms with van der Waals surface area (Å²) < 4.78 is 5.13. The number of aliphatic hydroxyl groups is 1. The first kappa shape index (κ1) is 15.0. The number of aliphatic hydroxyl groups excluding tert-OH is 1. The Labute approximate surface area is 137 Å². The number of cyclic esters (lactones) is 1. The molecule has 0 bridgehead atoms. The molecule has 2 aliphatic carbocycles. The van der Waals surface area contributed by atoms with E-state index in [4.69, 9.17) is 4.74 Å². The Morgan fingerprint density at radius 3 is 2.96 bits per heavy atom. The second-order valence-corrected chi connectivity index (χ2v) is 7.69. The highest BCUT2D eigenvalue weighted by molar-refractivity contribution is 5.70. The highest BCUT2D eigenvalue weighted by Gasteiger charge is 2.46. The number of hydrogen-bond acceptors (Lipinski definition) is 3. The van der Waals surface area contributed by atoms with Crippen molar-refractivity contribution in [2.24, 2.45) is 5.92 Å². The van der Waals surface area contributed by atoms with E-state index in [-0.39, 0.29) is 17.7 Å². The zero-order valence-electron chi connectivity index (χ0n) is 13.7. The lowest BCUT2D eigenvalue weighted by atomic mass is 9.79. The molecule has 1 unspecified atom stereocenters. The van der Waals surface area contributed by atoms with Gasteiger partial charge in [0.2, 0.25) is 0 Å². The number of alkyl carbamates (subject to hydrolysis) is 1. The Morgan fingerprint density at radius 1 is 1.35 bits per heavy atom. The highest BCUT2D eigenvalue weighted by atomic mass is 16.6. The maximum atomic E-state index is 11.4. The maximum Gasteiger partial charge on any atom is 0.407 e. The van der Waals surface area contributed by atoms with Crippen LogP contribution in [0.25, 0.3) is 0 Å². The monoisotopic (exact) mass is 315 g/mol. The van der Waals surface area contributed by atoms with E-state index < -0.39 is 0 Å². The van der Waals surface area contributed by atoms with Gasteiger partial charge in [0, 0.05) is 0 Å². The van der Waals surface area contributed by atoms with Crippen LogP contribution in [-0.2, 0) is 17.6 Å². The minimum absolute atomic E-state index is 0.130. The fourth-order valence-electron chi connectivity index (χ4n) is 4.62. The van der Waals surface area contributed by atoms with Crippen LogP contribution in [0.2, 0.25) is 0 Å². The van der Waals surface area contributed by atoms with E-state index in [2.05, 4.69) is 23.5 Å². The number of carbonyl (C=O) groups is 1. The standard InChI is InChI=1S/C19H25NO3/c1-12(21)13-2-3-15-9-16(5-4-14(15)8-13)17-6-7-19(10-17)11-23-18(22)20-19/h4-5,9,12-13,17,21H,2-3,6-8,10-11H2,1H3,(H,20,22)/t12?,13-,17+,19-/m1/s1. The van der Waals surface area contributed by atoms with Crippen molar-refractivity contribution in [3.05, 3.63) is 34.9 Å². The summed E-state index contributed by atoms with van der Waals surface area (Å²) in [6.45, 7) is 2.42. The van der Waals surface area contributed by atoms with Crippen molar-refractivity contribution < 1.29 is 14.6 Å². The Kier molecular flexibility index (Phi) is 3.60. The minimum Gasteiger partial charge on any atom is -0.447 e. The third-order valence-electron chi connectivity index (χ3n) is 6.11. The quantitative estimate of drug-likeness (QED) is 0.882. The molecule has 124 valence electrons. The van der Waals surface area contributed by atoms with Gasteiger partial charge in [-0.2, -0.15) is 0 Å². The molecule has 1 aromatic carbocycles. The first-order valence-electron chi connectivity index (χ1n) is 8.79. The van der Waals surface area contributed by atoms with Gasteiger partial charge in [-0.15, -0.1) is 0 Å². The van der Waals surface area contributed by atoms with E-state index in [0.29, 0.717) is 18.4 Å². The molecule has 4 heteroatoms. The van der Waals surface area contributed by atoms with Gasteiger partial charge in [0.1, 0.15) is 6.61 Å². The number of amides is 1. The molecule has 1 saturated carbocycles. The number of carbonyl (C=O) groups excluding carboxylic acids is 1. The van der Waals surface area contributed by atoms with E-state index in [0.717, 1.165) is 38.5 Å². The molecule has 1 aromatic rings. The fourth-order valence-corrected chi connectivity index (χ4v) is 4.62. The number of fused-ring (bicyclic) bond motifs is 1. The molecule has 3 aliphatic rings. The molecule has 2 N–H and O–H groups in total. The molecule has 1 aliphatic heterocycles. The van der Waals surface area contributed by atoms with Crippen LogP contribution < -0.4 is 5.32 Å². The molecule has 0 aromatic heterocycles. The second-order valence-electron chi connectivity index (χ2n) is 7.69. The average Bonchev–Trinajstić information content (AvgIpc) is 3.12. The van der Waals surface area contributed by atoms with Gasteiger partial charge < -0.3 is 15.2 Å². The van der Waals surface area contributed by atoms with Crippen molar-refractivity contribution in [1.82, 2.24) is 5.32 Å². The Balaban J connectivity index is 1.50. The molecule has 1 heterocycles. The summed E-state index contributed by atoms with van der Waals surface area (Å²) in [5.74, 6) is 0.908. The molecule has 4 atom stereocenters. The molecular weight excluding hydrogens is 290 g/mol.